The van der Waals surface area contributed by atoms with Gasteiger partial charge in [0.15, 0.2) is 6.10 Å². The van der Waals surface area contributed by atoms with Crippen molar-refractivity contribution >= 4 is 15.9 Å². The van der Waals surface area contributed by atoms with E-state index in [1.807, 2.05) is 4.72 Å². The predicted molar refractivity (Wildman–Crippen MR) is 82.2 cm³/mol. The number of nitrogens with one attached hydrogen (secondary N) is 1. The lowest BCUT2D eigenvalue weighted by molar-refractivity contribution is -0.0782. The SMILES string of the molecule is O=C(NS(=O)(=O)CC1COCCO1)c1ccc(OC2CC2(F)F)cc1. The lowest BCUT2D eigenvalue weighted by Gasteiger charge is -2.22. The van der Waals surface area contributed by atoms with Crippen LogP contribution in [0.4, 0.5) is 8.78 Å². The van der Waals surface area contributed by atoms with E-state index in [9.17, 15) is 22.0 Å². The van der Waals surface area contributed by atoms with Crippen LogP contribution in [0.3, 0.4) is 0 Å². The summed E-state index contributed by atoms with van der Waals surface area (Å²) in [4.78, 5) is 12.0. The van der Waals surface area contributed by atoms with E-state index in [2.05, 4.69) is 0 Å². The Morgan fingerprint density at radius 1 is 1.28 bits per heavy atom. The number of alkyl halides is 2. The fourth-order valence-corrected chi connectivity index (χ4v) is 3.45. The molecule has 1 amide bonds. The molecule has 1 aliphatic carbocycles. The number of hydrogen-bond donors (Lipinski definition) is 1. The number of rotatable bonds is 6. The molecule has 1 saturated heterocycles. The van der Waals surface area contributed by atoms with E-state index in [-0.39, 0.29) is 24.3 Å². The summed E-state index contributed by atoms with van der Waals surface area (Å²) in [5.74, 6) is -3.83. The molecule has 1 saturated carbocycles. The smallest absolute Gasteiger partial charge is 0.288 e. The molecule has 1 heterocycles. The number of halogens is 2. The second kappa shape index (κ2) is 6.85. The van der Waals surface area contributed by atoms with Gasteiger partial charge in [-0.15, -0.1) is 0 Å². The average Bonchev–Trinajstić information content (AvgIpc) is 3.14. The van der Waals surface area contributed by atoms with Crippen molar-refractivity contribution in [3.63, 3.8) is 0 Å². The van der Waals surface area contributed by atoms with Crippen molar-refractivity contribution in [3.8, 4) is 5.75 Å². The van der Waals surface area contributed by atoms with E-state index < -0.39 is 39.8 Å². The molecule has 2 fully saturated rings. The fraction of sp³-hybridized carbons (Fsp3) is 0.533. The van der Waals surface area contributed by atoms with Crippen LogP contribution >= 0.6 is 0 Å². The summed E-state index contributed by atoms with van der Waals surface area (Å²) in [6, 6.07) is 5.30. The molecule has 25 heavy (non-hydrogen) atoms. The molecule has 2 atom stereocenters. The highest BCUT2D eigenvalue weighted by atomic mass is 32.2. The Bertz CT molecular complexity index is 731. The molecule has 2 unspecified atom stereocenters. The molecule has 1 aromatic carbocycles. The molecule has 0 aromatic heterocycles. The minimum atomic E-state index is -3.90. The molecule has 2 aliphatic rings. The molecule has 3 rings (SSSR count). The highest BCUT2D eigenvalue weighted by Gasteiger charge is 2.59. The molecule has 138 valence electrons. The number of carbonyl (C=O) groups excluding carboxylic acids is 1. The zero-order valence-electron chi connectivity index (χ0n) is 13.1. The molecule has 0 bridgehead atoms. The standard InChI is InChI=1S/C15H17F2NO6S/c16-15(17)7-13(15)24-11-3-1-10(2-4-11)14(19)18-25(20,21)9-12-8-22-5-6-23-12/h1-4,12-13H,5-9H2,(H,18,19). The minimum Gasteiger partial charge on any atom is -0.484 e. The first kappa shape index (κ1) is 18.0. The van der Waals surface area contributed by atoms with E-state index in [4.69, 9.17) is 14.2 Å². The Kier molecular flexibility index (Phi) is 4.94. The molecule has 10 heteroatoms. The maximum Gasteiger partial charge on any atom is 0.288 e. The first-order valence-electron chi connectivity index (χ1n) is 7.64. The van der Waals surface area contributed by atoms with Crippen LogP contribution in [-0.4, -0.2) is 58.0 Å². The van der Waals surface area contributed by atoms with Crippen molar-refractivity contribution in [2.24, 2.45) is 0 Å². The lowest BCUT2D eigenvalue weighted by atomic mass is 10.2. The summed E-state index contributed by atoms with van der Waals surface area (Å²) in [6.45, 7) is 0.854. The molecular formula is C15H17F2NO6S. The van der Waals surface area contributed by atoms with E-state index >= 15 is 0 Å². The number of hydrogen-bond acceptors (Lipinski definition) is 6. The first-order chi connectivity index (χ1) is 11.8. The summed E-state index contributed by atoms with van der Waals surface area (Å²) in [5, 5.41) is 0. The Balaban J connectivity index is 1.55. The van der Waals surface area contributed by atoms with Crippen molar-refractivity contribution in [1.29, 1.82) is 0 Å². The summed E-state index contributed by atoms with van der Waals surface area (Å²) >= 11 is 0. The third kappa shape index (κ3) is 4.86. The van der Waals surface area contributed by atoms with E-state index in [1.165, 1.54) is 24.3 Å². The summed E-state index contributed by atoms with van der Waals surface area (Å²) < 4.78 is 66.9. The quantitative estimate of drug-likeness (QED) is 0.794. The van der Waals surface area contributed by atoms with Crippen molar-refractivity contribution in [2.75, 3.05) is 25.6 Å². The molecule has 0 spiro atoms. The predicted octanol–water partition coefficient (Wildman–Crippen LogP) is 0.948. The molecule has 1 N–H and O–H groups in total. The van der Waals surface area contributed by atoms with Gasteiger partial charge in [-0.05, 0) is 24.3 Å². The van der Waals surface area contributed by atoms with Crippen molar-refractivity contribution in [1.82, 2.24) is 4.72 Å². The van der Waals surface area contributed by atoms with Crippen LogP contribution in [0.1, 0.15) is 16.8 Å². The van der Waals surface area contributed by atoms with Gasteiger partial charge in [0.25, 0.3) is 11.8 Å². The summed E-state index contributed by atoms with van der Waals surface area (Å²) in [6.07, 6.45) is -2.11. The van der Waals surface area contributed by atoms with Gasteiger partial charge in [-0.2, -0.15) is 0 Å². The van der Waals surface area contributed by atoms with Crippen LogP contribution < -0.4 is 9.46 Å². The molecule has 7 nitrogen and oxygen atoms in total. The van der Waals surface area contributed by atoms with Crippen LogP contribution in [-0.2, 0) is 19.5 Å². The Labute approximate surface area is 143 Å². The molecular weight excluding hydrogens is 360 g/mol. The van der Waals surface area contributed by atoms with Gasteiger partial charge in [0.1, 0.15) is 5.75 Å². The van der Waals surface area contributed by atoms with Crippen LogP contribution in [0.5, 0.6) is 5.75 Å². The minimum absolute atomic E-state index is 0.0688. The first-order valence-corrected chi connectivity index (χ1v) is 9.29. The zero-order chi connectivity index (χ0) is 18.1. The highest BCUT2D eigenvalue weighted by Crippen LogP contribution is 2.44. The van der Waals surface area contributed by atoms with Gasteiger partial charge in [0, 0.05) is 5.56 Å². The Hall–Kier alpha value is -1.78. The third-order valence-corrected chi connectivity index (χ3v) is 5.01. The topological polar surface area (TPSA) is 90.9 Å². The normalized spacial score (nSPS) is 25.2. The van der Waals surface area contributed by atoms with E-state index in [0.717, 1.165) is 0 Å². The third-order valence-electron chi connectivity index (χ3n) is 3.70. The zero-order valence-corrected chi connectivity index (χ0v) is 13.9. The second-order valence-electron chi connectivity index (χ2n) is 5.88. The fourth-order valence-electron chi connectivity index (χ4n) is 2.28. The molecule has 0 radical (unpaired) electrons. The maximum atomic E-state index is 12.8. The van der Waals surface area contributed by atoms with Gasteiger partial charge in [0.2, 0.25) is 10.0 Å². The van der Waals surface area contributed by atoms with Crippen LogP contribution in [0.15, 0.2) is 24.3 Å². The number of amides is 1. The van der Waals surface area contributed by atoms with Crippen molar-refractivity contribution in [2.45, 2.75) is 24.6 Å². The van der Waals surface area contributed by atoms with Crippen molar-refractivity contribution < 1.29 is 36.2 Å². The summed E-state index contributed by atoms with van der Waals surface area (Å²) in [5.41, 5.74) is 0.0688. The van der Waals surface area contributed by atoms with Crippen LogP contribution in [0.2, 0.25) is 0 Å². The van der Waals surface area contributed by atoms with Gasteiger partial charge in [-0.3, -0.25) is 4.79 Å². The summed E-state index contributed by atoms with van der Waals surface area (Å²) in [7, 11) is -3.90. The molecule has 1 aliphatic heterocycles. The number of sulfonamides is 1. The van der Waals surface area contributed by atoms with E-state index in [0.29, 0.717) is 13.2 Å². The van der Waals surface area contributed by atoms with Crippen LogP contribution in [0, 0.1) is 0 Å². The largest absolute Gasteiger partial charge is 0.484 e. The van der Waals surface area contributed by atoms with Gasteiger partial charge < -0.3 is 14.2 Å². The van der Waals surface area contributed by atoms with Gasteiger partial charge in [-0.1, -0.05) is 0 Å². The van der Waals surface area contributed by atoms with Gasteiger partial charge >= 0.3 is 0 Å². The number of benzene rings is 1. The highest BCUT2D eigenvalue weighted by molar-refractivity contribution is 7.90. The number of ether oxygens (including phenoxy) is 3. The Morgan fingerprint density at radius 3 is 2.52 bits per heavy atom. The van der Waals surface area contributed by atoms with Gasteiger partial charge in [0.05, 0.1) is 38.1 Å². The second-order valence-corrected chi connectivity index (χ2v) is 7.64. The Morgan fingerprint density at radius 2 is 1.96 bits per heavy atom. The average molecular weight is 377 g/mol. The van der Waals surface area contributed by atoms with Crippen molar-refractivity contribution in [3.05, 3.63) is 29.8 Å². The number of carbonyl (C=O) groups is 1. The van der Waals surface area contributed by atoms with E-state index in [1.54, 1.807) is 0 Å². The lowest BCUT2D eigenvalue weighted by Crippen LogP contribution is -2.41. The monoisotopic (exact) mass is 377 g/mol. The maximum absolute atomic E-state index is 12.8. The van der Waals surface area contributed by atoms with Gasteiger partial charge in [-0.25, -0.2) is 21.9 Å². The van der Waals surface area contributed by atoms with Crippen LogP contribution in [0.25, 0.3) is 0 Å². The molecule has 1 aromatic rings.